The molecule has 1 fully saturated rings. The first-order chi connectivity index (χ1) is 8.46. The second-order valence-corrected chi connectivity index (χ2v) is 4.31. The van der Waals surface area contributed by atoms with Crippen LogP contribution in [-0.4, -0.2) is 25.5 Å². The molecule has 1 aromatic rings. The summed E-state index contributed by atoms with van der Waals surface area (Å²) < 4.78 is 18.5. The van der Waals surface area contributed by atoms with Crippen LogP contribution in [0.25, 0.3) is 0 Å². The molecule has 0 spiro atoms. The molecule has 18 heavy (non-hydrogen) atoms. The van der Waals surface area contributed by atoms with Gasteiger partial charge in [0.15, 0.2) is 0 Å². The lowest BCUT2D eigenvalue weighted by atomic mass is 9.89. The number of ether oxygens (including phenoxy) is 1. The molecule has 1 aliphatic rings. The van der Waals surface area contributed by atoms with Crippen molar-refractivity contribution < 1.29 is 18.7 Å². The third-order valence-corrected chi connectivity index (χ3v) is 2.95. The van der Waals surface area contributed by atoms with Gasteiger partial charge < -0.3 is 15.4 Å². The van der Waals surface area contributed by atoms with Crippen LogP contribution in [0, 0.1) is 5.82 Å². The summed E-state index contributed by atoms with van der Waals surface area (Å²) >= 11 is 0. The van der Waals surface area contributed by atoms with Crippen LogP contribution in [0.5, 0.6) is 5.75 Å². The Morgan fingerprint density at radius 1 is 1.33 bits per heavy atom. The van der Waals surface area contributed by atoms with E-state index in [9.17, 15) is 14.0 Å². The molecule has 96 valence electrons. The Morgan fingerprint density at radius 2 is 2.06 bits per heavy atom. The summed E-state index contributed by atoms with van der Waals surface area (Å²) in [5.74, 6) is -1.41. The topological polar surface area (TPSA) is 67.4 Å². The molecular weight excluding hydrogens is 239 g/mol. The smallest absolute Gasteiger partial charge is 0.310 e. The van der Waals surface area contributed by atoms with E-state index in [1.54, 1.807) is 6.92 Å². The molecule has 1 heterocycles. The fourth-order valence-electron chi connectivity index (χ4n) is 1.96. The Kier molecular flexibility index (Phi) is 2.94. The van der Waals surface area contributed by atoms with Crippen LogP contribution < -0.4 is 15.4 Å². The molecule has 1 aromatic carbocycles. The number of hydrogen-bond donors (Lipinski definition) is 2. The van der Waals surface area contributed by atoms with Crippen molar-refractivity contribution in [2.45, 2.75) is 12.5 Å². The number of carbonyl (C=O) groups excluding carboxylic acids is 2. The van der Waals surface area contributed by atoms with Crippen molar-refractivity contribution in [3.05, 3.63) is 29.6 Å². The van der Waals surface area contributed by atoms with Crippen LogP contribution >= 0.6 is 0 Å². The summed E-state index contributed by atoms with van der Waals surface area (Å²) in [5.41, 5.74) is -0.406. The third kappa shape index (κ3) is 2.01. The molecule has 2 amide bonds. The van der Waals surface area contributed by atoms with Crippen molar-refractivity contribution in [2.24, 2.45) is 0 Å². The highest BCUT2D eigenvalue weighted by atomic mass is 19.1. The van der Waals surface area contributed by atoms with E-state index in [4.69, 9.17) is 4.74 Å². The van der Waals surface area contributed by atoms with Crippen molar-refractivity contribution in [2.75, 3.05) is 13.7 Å². The average molecular weight is 252 g/mol. The first-order valence-corrected chi connectivity index (χ1v) is 5.40. The molecule has 0 aromatic heterocycles. The lowest BCUT2D eigenvalue weighted by Gasteiger charge is -2.35. The molecule has 1 saturated heterocycles. The maximum absolute atomic E-state index is 13.3. The Bertz CT molecular complexity index is 518. The highest BCUT2D eigenvalue weighted by molar-refractivity contribution is 6.35. The van der Waals surface area contributed by atoms with Gasteiger partial charge in [-0.3, -0.25) is 9.59 Å². The van der Waals surface area contributed by atoms with Gasteiger partial charge in [0.1, 0.15) is 11.6 Å². The van der Waals surface area contributed by atoms with Crippen molar-refractivity contribution in [3.63, 3.8) is 0 Å². The first kappa shape index (κ1) is 12.3. The zero-order valence-corrected chi connectivity index (χ0v) is 10.0. The Balaban J connectivity index is 2.44. The van der Waals surface area contributed by atoms with Crippen LogP contribution in [0.15, 0.2) is 18.2 Å². The largest absolute Gasteiger partial charge is 0.496 e. The van der Waals surface area contributed by atoms with E-state index in [-0.39, 0.29) is 6.54 Å². The van der Waals surface area contributed by atoms with Gasteiger partial charge in [0.25, 0.3) is 0 Å². The number of piperazine rings is 1. The van der Waals surface area contributed by atoms with Crippen LogP contribution in [0.1, 0.15) is 12.5 Å². The number of rotatable bonds is 2. The van der Waals surface area contributed by atoms with E-state index in [0.29, 0.717) is 11.3 Å². The van der Waals surface area contributed by atoms with Gasteiger partial charge in [0.05, 0.1) is 12.6 Å². The minimum Gasteiger partial charge on any atom is -0.496 e. The maximum Gasteiger partial charge on any atom is 0.310 e. The Hall–Kier alpha value is -2.11. The number of carbonyl (C=O) groups is 2. The molecule has 0 saturated carbocycles. The maximum atomic E-state index is 13.3. The minimum absolute atomic E-state index is 0.178. The van der Waals surface area contributed by atoms with Crippen molar-refractivity contribution >= 4 is 11.8 Å². The molecule has 2 N–H and O–H groups in total. The highest BCUT2D eigenvalue weighted by Crippen LogP contribution is 2.31. The lowest BCUT2D eigenvalue weighted by Crippen LogP contribution is -2.61. The van der Waals surface area contributed by atoms with Gasteiger partial charge in [-0.15, -0.1) is 0 Å². The number of hydrogen-bond acceptors (Lipinski definition) is 3. The molecule has 1 aliphatic heterocycles. The number of amides is 2. The van der Waals surface area contributed by atoms with Gasteiger partial charge in [-0.2, -0.15) is 0 Å². The van der Waals surface area contributed by atoms with E-state index in [1.807, 2.05) is 0 Å². The Labute approximate surface area is 103 Å². The van der Waals surface area contributed by atoms with Crippen molar-refractivity contribution in [1.29, 1.82) is 0 Å². The molecule has 0 bridgehead atoms. The molecule has 0 radical (unpaired) electrons. The molecule has 2 rings (SSSR count). The van der Waals surface area contributed by atoms with Crippen LogP contribution in [0.3, 0.4) is 0 Å². The molecule has 0 aliphatic carbocycles. The number of nitrogens with one attached hydrogen (secondary N) is 2. The summed E-state index contributed by atoms with van der Waals surface area (Å²) in [7, 11) is 1.46. The molecule has 1 unspecified atom stereocenters. The number of benzene rings is 1. The van der Waals surface area contributed by atoms with Crippen LogP contribution in [0.4, 0.5) is 4.39 Å². The van der Waals surface area contributed by atoms with Gasteiger partial charge >= 0.3 is 11.8 Å². The van der Waals surface area contributed by atoms with Gasteiger partial charge in [-0.25, -0.2) is 4.39 Å². The Morgan fingerprint density at radius 3 is 2.67 bits per heavy atom. The SMILES string of the molecule is COc1ccc(F)cc1C1(C)CNC(=O)C(=O)N1. The van der Waals surface area contributed by atoms with E-state index in [1.165, 1.54) is 25.3 Å². The standard InChI is InChI=1S/C12H13FN2O3/c1-12(6-14-10(16)11(17)15-12)8-5-7(13)3-4-9(8)18-2/h3-5H,6H2,1-2H3,(H,14,16)(H,15,17). The van der Waals surface area contributed by atoms with Gasteiger partial charge in [-0.1, -0.05) is 0 Å². The summed E-state index contributed by atoms with van der Waals surface area (Å²) in [5, 5.41) is 5.03. The predicted molar refractivity (Wildman–Crippen MR) is 61.5 cm³/mol. The van der Waals surface area contributed by atoms with E-state index < -0.39 is 23.2 Å². The second kappa shape index (κ2) is 4.29. The molecule has 6 heteroatoms. The fourth-order valence-corrected chi connectivity index (χ4v) is 1.96. The summed E-state index contributed by atoms with van der Waals surface area (Å²) in [6, 6.07) is 4.05. The second-order valence-electron chi connectivity index (χ2n) is 4.31. The van der Waals surface area contributed by atoms with Gasteiger partial charge in [-0.05, 0) is 25.1 Å². The summed E-state index contributed by atoms with van der Waals surface area (Å²) in [4.78, 5) is 22.5. The summed E-state index contributed by atoms with van der Waals surface area (Å²) in [6.07, 6.45) is 0. The van der Waals surface area contributed by atoms with Crippen molar-refractivity contribution in [1.82, 2.24) is 10.6 Å². The van der Waals surface area contributed by atoms with Gasteiger partial charge in [0.2, 0.25) is 0 Å². The fraction of sp³-hybridized carbons (Fsp3) is 0.333. The minimum atomic E-state index is -0.890. The van der Waals surface area contributed by atoms with E-state index in [2.05, 4.69) is 10.6 Å². The normalized spacial score (nSPS) is 23.3. The molecule has 1 atom stereocenters. The average Bonchev–Trinajstić information content (AvgIpc) is 2.34. The highest BCUT2D eigenvalue weighted by Gasteiger charge is 2.38. The zero-order valence-electron chi connectivity index (χ0n) is 10.0. The first-order valence-electron chi connectivity index (χ1n) is 5.40. The number of halogens is 1. The van der Waals surface area contributed by atoms with Gasteiger partial charge in [0, 0.05) is 12.1 Å². The van der Waals surface area contributed by atoms with E-state index in [0.717, 1.165) is 0 Å². The zero-order chi connectivity index (χ0) is 13.3. The van der Waals surface area contributed by atoms with Crippen molar-refractivity contribution in [3.8, 4) is 5.75 Å². The monoisotopic (exact) mass is 252 g/mol. The molecular formula is C12H13FN2O3. The quantitative estimate of drug-likeness (QED) is 0.744. The third-order valence-electron chi connectivity index (χ3n) is 2.95. The lowest BCUT2D eigenvalue weighted by molar-refractivity contribution is -0.142. The van der Waals surface area contributed by atoms with Crippen LogP contribution in [-0.2, 0) is 15.1 Å². The summed E-state index contributed by atoms with van der Waals surface area (Å²) in [6.45, 7) is 1.87. The van der Waals surface area contributed by atoms with E-state index >= 15 is 0 Å². The number of methoxy groups -OCH3 is 1. The predicted octanol–water partition coefficient (Wildman–Crippen LogP) is 0.295. The molecule has 5 nitrogen and oxygen atoms in total. The van der Waals surface area contributed by atoms with Crippen LogP contribution in [0.2, 0.25) is 0 Å².